The Hall–Kier alpha value is -2.11. The minimum Gasteiger partial charge on any atom is -0.369 e. The molecular weight excluding hydrogens is 353 g/mol. The second-order valence-electron chi connectivity index (χ2n) is 6.62. The number of benzene rings is 2. The van der Waals surface area contributed by atoms with Crippen molar-refractivity contribution < 1.29 is 9.18 Å². The number of carbonyl (C=O) groups is 1. The topological polar surface area (TPSA) is 26.8 Å². The van der Waals surface area contributed by atoms with Crippen molar-refractivity contribution in [2.45, 2.75) is 6.54 Å². The summed E-state index contributed by atoms with van der Waals surface area (Å²) in [5.41, 5.74) is 2.05. The van der Waals surface area contributed by atoms with Gasteiger partial charge >= 0.3 is 0 Å². The first-order chi connectivity index (χ1) is 12.5. The van der Waals surface area contributed by atoms with Crippen LogP contribution in [0, 0.1) is 5.82 Å². The summed E-state index contributed by atoms with van der Waals surface area (Å²) in [5, 5.41) is 0.738. The van der Waals surface area contributed by atoms with Crippen LogP contribution in [-0.2, 0) is 11.3 Å². The van der Waals surface area contributed by atoms with Crippen LogP contribution in [0.1, 0.15) is 5.56 Å². The molecule has 1 fully saturated rings. The van der Waals surface area contributed by atoms with Crippen LogP contribution >= 0.6 is 11.6 Å². The molecule has 1 saturated heterocycles. The summed E-state index contributed by atoms with van der Waals surface area (Å²) < 4.78 is 13.0. The van der Waals surface area contributed by atoms with Gasteiger partial charge in [-0.15, -0.1) is 0 Å². The predicted octanol–water partition coefficient (Wildman–Crippen LogP) is 3.26. The standard InChI is InChI=1S/C20H23ClFN3O/c1-23(14-16-5-7-18(22)8-6-16)20(26)15-24-9-11-25(12-10-24)19-4-2-3-17(21)13-19/h2-8,13H,9-12,14-15H2,1H3. The summed E-state index contributed by atoms with van der Waals surface area (Å²) in [6.07, 6.45) is 0. The van der Waals surface area contributed by atoms with E-state index in [0.29, 0.717) is 13.1 Å². The number of rotatable bonds is 5. The van der Waals surface area contributed by atoms with E-state index in [9.17, 15) is 9.18 Å². The zero-order chi connectivity index (χ0) is 18.5. The number of likely N-dealkylation sites (N-methyl/N-ethyl adjacent to an activating group) is 1. The van der Waals surface area contributed by atoms with Crippen LogP contribution < -0.4 is 4.90 Å². The van der Waals surface area contributed by atoms with Gasteiger partial charge in [-0.3, -0.25) is 9.69 Å². The lowest BCUT2D eigenvalue weighted by Gasteiger charge is -2.36. The van der Waals surface area contributed by atoms with E-state index in [1.54, 1.807) is 24.1 Å². The van der Waals surface area contributed by atoms with Gasteiger partial charge in [-0.1, -0.05) is 29.8 Å². The molecule has 0 N–H and O–H groups in total. The van der Waals surface area contributed by atoms with Gasteiger partial charge < -0.3 is 9.80 Å². The number of hydrogen-bond donors (Lipinski definition) is 0. The lowest BCUT2D eigenvalue weighted by Crippen LogP contribution is -2.49. The Kier molecular flexibility index (Phi) is 6.12. The fourth-order valence-electron chi connectivity index (χ4n) is 3.10. The highest BCUT2D eigenvalue weighted by Gasteiger charge is 2.21. The van der Waals surface area contributed by atoms with Crippen molar-refractivity contribution in [3.63, 3.8) is 0 Å². The van der Waals surface area contributed by atoms with Gasteiger partial charge in [0.2, 0.25) is 5.91 Å². The van der Waals surface area contributed by atoms with Crippen molar-refractivity contribution >= 4 is 23.2 Å². The minimum absolute atomic E-state index is 0.0746. The van der Waals surface area contributed by atoms with E-state index in [1.807, 2.05) is 18.2 Å². The summed E-state index contributed by atoms with van der Waals surface area (Å²) in [4.78, 5) is 18.6. The Balaban J connectivity index is 1.47. The molecule has 4 nitrogen and oxygen atoms in total. The molecule has 0 saturated carbocycles. The molecule has 1 heterocycles. The first kappa shape index (κ1) is 18.7. The molecule has 1 aliphatic rings. The number of amides is 1. The Morgan fingerprint density at radius 3 is 2.46 bits per heavy atom. The summed E-state index contributed by atoms with van der Waals surface area (Å²) in [7, 11) is 1.79. The van der Waals surface area contributed by atoms with Gasteiger partial charge in [-0.25, -0.2) is 4.39 Å². The van der Waals surface area contributed by atoms with Gasteiger partial charge in [0.25, 0.3) is 0 Å². The highest BCUT2D eigenvalue weighted by Crippen LogP contribution is 2.20. The predicted molar refractivity (Wildman–Crippen MR) is 103 cm³/mol. The zero-order valence-electron chi connectivity index (χ0n) is 14.9. The molecular formula is C20H23ClFN3O. The van der Waals surface area contributed by atoms with E-state index < -0.39 is 0 Å². The molecule has 3 rings (SSSR count). The van der Waals surface area contributed by atoms with Crippen LogP contribution in [0.15, 0.2) is 48.5 Å². The highest BCUT2D eigenvalue weighted by atomic mass is 35.5. The summed E-state index contributed by atoms with van der Waals surface area (Å²) >= 11 is 6.06. The molecule has 1 aliphatic heterocycles. The minimum atomic E-state index is -0.264. The molecule has 2 aromatic carbocycles. The molecule has 0 aromatic heterocycles. The Labute approximate surface area is 158 Å². The van der Waals surface area contributed by atoms with Crippen molar-refractivity contribution in [2.24, 2.45) is 0 Å². The molecule has 26 heavy (non-hydrogen) atoms. The maximum Gasteiger partial charge on any atom is 0.236 e. The van der Waals surface area contributed by atoms with Gasteiger partial charge in [-0.2, -0.15) is 0 Å². The van der Waals surface area contributed by atoms with Crippen molar-refractivity contribution in [3.05, 3.63) is 64.9 Å². The van der Waals surface area contributed by atoms with E-state index in [-0.39, 0.29) is 11.7 Å². The number of piperazine rings is 1. The average molecular weight is 376 g/mol. The van der Waals surface area contributed by atoms with Crippen LogP contribution in [0.4, 0.5) is 10.1 Å². The van der Waals surface area contributed by atoms with Gasteiger partial charge in [0.15, 0.2) is 0 Å². The van der Waals surface area contributed by atoms with Crippen LogP contribution in [0.25, 0.3) is 0 Å². The van der Waals surface area contributed by atoms with Gasteiger partial charge in [0.05, 0.1) is 6.54 Å². The second kappa shape index (κ2) is 8.52. The van der Waals surface area contributed by atoms with E-state index in [1.165, 1.54) is 12.1 Å². The number of nitrogens with zero attached hydrogens (tertiary/aromatic N) is 3. The molecule has 0 aliphatic carbocycles. The van der Waals surface area contributed by atoms with E-state index in [0.717, 1.165) is 42.5 Å². The third-order valence-corrected chi connectivity index (χ3v) is 4.90. The Morgan fingerprint density at radius 1 is 1.12 bits per heavy atom. The molecule has 0 unspecified atom stereocenters. The van der Waals surface area contributed by atoms with Crippen molar-refractivity contribution in [3.8, 4) is 0 Å². The smallest absolute Gasteiger partial charge is 0.236 e. The maximum absolute atomic E-state index is 13.0. The summed E-state index contributed by atoms with van der Waals surface area (Å²) in [6.45, 7) is 4.30. The number of halogens is 2. The molecule has 0 spiro atoms. The molecule has 0 atom stereocenters. The number of carbonyl (C=O) groups excluding carboxylic acids is 1. The lowest BCUT2D eigenvalue weighted by molar-refractivity contribution is -0.131. The molecule has 6 heteroatoms. The Bertz CT molecular complexity index is 745. The van der Waals surface area contributed by atoms with Crippen LogP contribution in [-0.4, -0.2) is 55.5 Å². The van der Waals surface area contributed by atoms with Crippen LogP contribution in [0.3, 0.4) is 0 Å². The SMILES string of the molecule is CN(Cc1ccc(F)cc1)C(=O)CN1CCN(c2cccc(Cl)c2)CC1. The van der Waals surface area contributed by atoms with Crippen molar-refractivity contribution in [1.29, 1.82) is 0 Å². The normalized spacial score (nSPS) is 15.1. The maximum atomic E-state index is 13.0. The van der Waals surface area contributed by atoms with Crippen LogP contribution in [0.5, 0.6) is 0 Å². The number of anilines is 1. The quantitative estimate of drug-likeness (QED) is 0.802. The molecule has 138 valence electrons. The van der Waals surface area contributed by atoms with Crippen LogP contribution in [0.2, 0.25) is 5.02 Å². The van der Waals surface area contributed by atoms with Crippen molar-refractivity contribution in [1.82, 2.24) is 9.80 Å². The summed E-state index contributed by atoms with van der Waals surface area (Å²) in [6, 6.07) is 14.1. The van der Waals surface area contributed by atoms with Crippen molar-refractivity contribution in [2.75, 3.05) is 44.7 Å². The molecule has 2 aromatic rings. The molecule has 1 amide bonds. The van der Waals surface area contributed by atoms with E-state index >= 15 is 0 Å². The molecule has 0 radical (unpaired) electrons. The van der Waals surface area contributed by atoms with E-state index in [2.05, 4.69) is 15.9 Å². The first-order valence-electron chi connectivity index (χ1n) is 8.72. The van der Waals surface area contributed by atoms with E-state index in [4.69, 9.17) is 11.6 Å². The fourth-order valence-corrected chi connectivity index (χ4v) is 3.29. The fraction of sp³-hybridized carbons (Fsp3) is 0.350. The Morgan fingerprint density at radius 2 is 1.81 bits per heavy atom. The lowest BCUT2D eigenvalue weighted by atomic mass is 10.2. The summed E-state index contributed by atoms with van der Waals surface area (Å²) in [5.74, 6) is -0.189. The molecule has 0 bridgehead atoms. The monoisotopic (exact) mass is 375 g/mol. The first-order valence-corrected chi connectivity index (χ1v) is 9.10. The third-order valence-electron chi connectivity index (χ3n) is 4.66. The zero-order valence-corrected chi connectivity index (χ0v) is 15.6. The third kappa shape index (κ3) is 4.96. The highest BCUT2D eigenvalue weighted by molar-refractivity contribution is 6.30. The van der Waals surface area contributed by atoms with Gasteiger partial charge in [0.1, 0.15) is 5.82 Å². The second-order valence-corrected chi connectivity index (χ2v) is 7.06. The number of hydrogen-bond acceptors (Lipinski definition) is 3. The average Bonchev–Trinajstić information content (AvgIpc) is 2.64. The van der Waals surface area contributed by atoms with Gasteiger partial charge in [-0.05, 0) is 35.9 Å². The largest absolute Gasteiger partial charge is 0.369 e. The van der Waals surface area contributed by atoms with Gasteiger partial charge in [0, 0.05) is 50.5 Å².